The number of benzene rings is 1. The number of fused-ring (bicyclic) bond motifs is 1. The second-order valence-electron chi connectivity index (χ2n) is 5.94. The zero-order chi connectivity index (χ0) is 17.1. The second kappa shape index (κ2) is 7.57. The van der Waals surface area contributed by atoms with Crippen LogP contribution in [0.15, 0.2) is 41.0 Å². The molecule has 3 rings (SSSR count). The second-order valence-corrected chi connectivity index (χ2v) is 6.86. The Bertz CT molecular complexity index is 694. The molecule has 1 aliphatic heterocycles. The van der Waals surface area contributed by atoms with Gasteiger partial charge in [0.2, 0.25) is 5.88 Å². The predicted octanol–water partition coefficient (Wildman–Crippen LogP) is 4.61. The van der Waals surface area contributed by atoms with Crippen LogP contribution in [0.2, 0.25) is 0 Å². The van der Waals surface area contributed by atoms with Gasteiger partial charge in [-0.25, -0.2) is 13.8 Å². The standard InChI is InChI=1S/C18H19BrF2N2O/c1-12(14-3-5-18(22-9-14)24-11-17(20)21)23-7-6-13-2-4-16(19)8-15(13)10-23/h2-5,8-9,12,17H,6-7,10-11H2,1H3/t12-/m1/s1. The van der Waals surface area contributed by atoms with Crippen LogP contribution in [-0.4, -0.2) is 29.5 Å². The van der Waals surface area contributed by atoms with Crippen LogP contribution in [-0.2, 0) is 13.0 Å². The zero-order valence-corrected chi connectivity index (χ0v) is 15.0. The van der Waals surface area contributed by atoms with Crippen molar-refractivity contribution in [2.45, 2.75) is 32.4 Å². The van der Waals surface area contributed by atoms with E-state index in [-0.39, 0.29) is 11.9 Å². The van der Waals surface area contributed by atoms with Crippen molar-refractivity contribution in [1.82, 2.24) is 9.88 Å². The highest BCUT2D eigenvalue weighted by Crippen LogP contribution is 2.29. The van der Waals surface area contributed by atoms with E-state index in [2.05, 4.69) is 50.9 Å². The maximum Gasteiger partial charge on any atom is 0.272 e. The summed E-state index contributed by atoms with van der Waals surface area (Å²) in [7, 11) is 0. The van der Waals surface area contributed by atoms with E-state index >= 15 is 0 Å². The van der Waals surface area contributed by atoms with Gasteiger partial charge in [-0.2, -0.15) is 0 Å². The summed E-state index contributed by atoms with van der Waals surface area (Å²) >= 11 is 3.53. The number of hydrogen-bond donors (Lipinski definition) is 0. The summed E-state index contributed by atoms with van der Waals surface area (Å²) in [6, 6.07) is 10.2. The Morgan fingerprint density at radius 1 is 1.25 bits per heavy atom. The molecule has 3 nitrogen and oxygen atoms in total. The molecular weight excluding hydrogens is 378 g/mol. The Kier molecular flexibility index (Phi) is 5.46. The first-order valence-corrected chi connectivity index (χ1v) is 8.70. The summed E-state index contributed by atoms with van der Waals surface area (Å²) in [6.07, 6.45) is 0.246. The Morgan fingerprint density at radius 3 is 2.79 bits per heavy atom. The summed E-state index contributed by atoms with van der Waals surface area (Å²) in [4.78, 5) is 6.53. The third-order valence-electron chi connectivity index (χ3n) is 4.36. The summed E-state index contributed by atoms with van der Waals surface area (Å²) in [6.45, 7) is 3.39. The Hall–Kier alpha value is -1.53. The molecule has 0 fully saturated rings. The van der Waals surface area contributed by atoms with Gasteiger partial charge in [0.15, 0.2) is 6.61 Å². The molecule has 0 bridgehead atoms. The van der Waals surface area contributed by atoms with Crippen LogP contribution in [0.25, 0.3) is 0 Å². The lowest BCUT2D eigenvalue weighted by Gasteiger charge is -2.34. The van der Waals surface area contributed by atoms with E-state index in [1.165, 1.54) is 11.1 Å². The lowest BCUT2D eigenvalue weighted by molar-refractivity contribution is 0.0795. The lowest BCUT2D eigenvalue weighted by atomic mass is 9.97. The largest absolute Gasteiger partial charge is 0.472 e. The molecule has 0 amide bonds. The van der Waals surface area contributed by atoms with Crippen molar-refractivity contribution < 1.29 is 13.5 Å². The summed E-state index contributed by atoms with van der Waals surface area (Å²) in [5.74, 6) is 0.235. The van der Waals surface area contributed by atoms with Gasteiger partial charge in [-0.15, -0.1) is 0 Å². The highest BCUT2D eigenvalue weighted by molar-refractivity contribution is 9.10. The molecule has 0 spiro atoms. The van der Waals surface area contributed by atoms with Crippen molar-refractivity contribution in [1.29, 1.82) is 0 Å². The number of nitrogens with zero attached hydrogens (tertiary/aromatic N) is 2. The fourth-order valence-corrected chi connectivity index (χ4v) is 3.37. The topological polar surface area (TPSA) is 25.4 Å². The van der Waals surface area contributed by atoms with Crippen molar-refractivity contribution >= 4 is 15.9 Å². The number of alkyl halides is 2. The minimum atomic E-state index is -2.49. The van der Waals surface area contributed by atoms with Crippen molar-refractivity contribution in [3.63, 3.8) is 0 Å². The van der Waals surface area contributed by atoms with Gasteiger partial charge in [-0.05, 0) is 42.2 Å². The number of aromatic nitrogens is 1. The van der Waals surface area contributed by atoms with Crippen LogP contribution in [0.3, 0.4) is 0 Å². The molecule has 0 saturated carbocycles. The number of ether oxygens (including phenoxy) is 1. The molecule has 2 heterocycles. The van der Waals surface area contributed by atoms with Crippen LogP contribution in [0, 0.1) is 0 Å². The first-order chi connectivity index (χ1) is 11.5. The highest BCUT2D eigenvalue weighted by Gasteiger charge is 2.22. The monoisotopic (exact) mass is 396 g/mol. The molecule has 0 aliphatic carbocycles. The predicted molar refractivity (Wildman–Crippen MR) is 92.4 cm³/mol. The van der Waals surface area contributed by atoms with Gasteiger partial charge in [0.25, 0.3) is 6.43 Å². The van der Waals surface area contributed by atoms with Crippen molar-refractivity contribution in [2.24, 2.45) is 0 Å². The molecule has 0 radical (unpaired) electrons. The van der Waals surface area contributed by atoms with E-state index < -0.39 is 13.0 Å². The molecule has 1 atom stereocenters. The molecule has 6 heteroatoms. The Balaban J connectivity index is 1.67. The van der Waals surface area contributed by atoms with Crippen LogP contribution in [0.1, 0.15) is 29.7 Å². The fourth-order valence-electron chi connectivity index (χ4n) is 2.96. The molecular formula is C18H19BrF2N2O. The number of hydrogen-bond acceptors (Lipinski definition) is 3. The molecule has 0 saturated heterocycles. The van der Waals surface area contributed by atoms with Gasteiger partial charge in [-0.1, -0.05) is 28.1 Å². The van der Waals surface area contributed by atoms with Gasteiger partial charge < -0.3 is 4.74 Å². The van der Waals surface area contributed by atoms with E-state index in [0.717, 1.165) is 29.5 Å². The van der Waals surface area contributed by atoms with Gasteiger partial charge in [0.1, 0.15) is 0 Å². The van der Waals surface area contributed by atoms with Crippen molar-refractivity contribution in [3.8, 4) is 5.88 Å². The molecule has 2 aromatic rings. The van der Waals surface area contributed by atoms with E-state index in [0.29, 0.717) is 0 Å². The zero-order valence-electron chi connectivity index (χ0n) is 13.4. The maximum absolute atomic E-state index is 12.2. The molecule has 1 aliphatic rings. The van der Waals surface area contributed by atoms with E-state index in [1.54, 1.807) is 12.3 Å². The quantitative estimate of drug-likeness (QED) is 0.737. The lowest BCUT2D eigenvalue weighted by Crippen LogP contribution is -2.32. The minimum absolute atomic E-state index is 0.203. The summed E-state index contributed by atoms with van der Waals surface area (Å²) in [5, 5.41) is 0. The van der Waals surface area contributed by atoms with E-state index in [4.69, 9.17) is 4.74 Å². The average Bonchev–Trinajstić information content (AvgIpc) is 2.59. The van der Waals surface area contributed by atoms with Crippen LogP contribution >= 0.6 is 15.9 Å². The first kappa shape index (κ1) is 17.3. The van der Waals surface area contributed by atoms with E-state index in [9.17, 15) is 8.78 Å². The Labute approximate surface area is 148 Å². The van der Waals surface area contributed by atoms with Crippen LogP contribution in [0.4, 0.5) is 8.78 Å². The van der Waals surface area contributed by atoms with Gasteiger partial charge in [0.05, 0.1) is 0 Å². The fraction of sp³-hybridized carbons (Fsp3) is 0.389. The van der Waals surface area contributed by atoms with E-state index in [1.807, 2.05) is 6.07 Å². The normalized spacial score (nSPS) is 16.0. The first-order valence-electron chi connectivity index (χ1n) is 7.91. The highest BCUT2D eigenvalue weighted by atomic mass is 79.9. The van der Waals surface area contributed by atoms with Crippen molar-refractivity contribution in [3.05, 3.63) is 57.7 Å². The SMILES string of the molecule is C[C@H](c1ccc(OCC(F)F)nc1)N1CCc2ccc(Br)cc2C1. The van der Waals surface area contributed by atoms with Gasteiger partial charge >= 0.3 is 0 Å². The number of halogens is 3. The smallest absolute Gasteiger partial charge is 0.272 e. The number of pyridine rings is 1. The summed E-state index contributed by atoms with van der Waals surface area (Å²) in [5.41, 5.74) is 3.79. The van der Waals surface area contributed by atoms with Gasteiger partial charge in [0, 0.05) is 35.9 Å². The van der Waals surface area contributed by atoms with Crippen molar-refractivity contribution in [2.75, 3.05) is 13.2 Å². The molecule has 24 heavy (non-hydrogen) atoms. The average molecular weight is 397 g/mol. The van der Waals surface area contributed by atoms with Crippen LogP contribution in [0.5, 0.6) is 5.88 Å². The van der Waals surface area contributed by atoms with Gasteiger partial charge in [-0.3, -0.25) is 4.90 Å². The molecule has 1 aromatic carbocycles. The molecule has 0 N–H and O–H groups in total. The number of rotatable bonds is 5. The third kappa shape index (κ3) is 4.11. The maximum atomic E-state index is 12.2. The Morgan fingerprint density at radius 2 is 2.08 bits per heavy atom. The van der Waals surface area contributed by atoms with Crippen LogP contribution < -0.4 is 4.74 Å². The molecule has 0 unspecified atom stereocenters. The summed E-state index contributed by atoms with van der Waals surface area (Å²) < 4.78 is 30.3. The molecule has 128 valence electrons. The third-order valence-corrected chi connectivity index (χ3v) is 4.85. The minimum Gasteiger partial charge on any atom is -0.472 e. The molecule has 1 aromatic heterocycles.